The van der Waals surface area contributed by atoms with E-state index in [9.17, 15) is 4.79 Å². The van der Waals surface area contributed by atoms with Gasteiger partial charge in [0.25, 0.3) is 0 Å². The van der Waals surface area contributed by atoms with Gasteiger partial charge in [-0.3, -0.25) is 0 Å². The van der Waals surface area contributed by atoms with Crippen molar-refractivity contribution in [2.75, 3.05) is 13.2 Å². The molecule has 0 radical (unpaired) electrons. The van der Waals surface area contributed by atoms with E-state index in [0.717, 1.165) is 30.9 Å². The van der Waals surface area contributed by atoms with Gasteiger partial charge in [-0.05, 0) is 54.8 Å². The molecule has 23 heavy (non-hydrogen) atoms. The molecule has 4 atom stereocenters. The SMILES string of the molecule is CC1(C)CCC[C@@]2(C)[C@H]1CC[C@@]1(CO1)[C@@H]2C/C=C1/CCOC1=O. The number of carbonyl (C=O) groups is 1. The average molecular weight is 318 g/mol. The van der Waals surface area contributed by atoms with Crippen LogP contribution in [-0.2, 0) is 14.3 Å². The highest BCUT2D eigenvalue weighted by Gasteiger charge is 2.64. The fourth-order valence-corrected chi connectivity index (χ4v) is 6.28. The number of esters is 1. The zero-order valence-electron chi connectivity index (χ0n) is 14.8. The maximum Gasteiger partial charge on any atom is 0.333 e. The van der Waals surface area contributed by atoms with E-state index in [1.165, 1.54) is 32.1 Å². The van der Waals surface area contributed by atoms with Crippen molar-refractivity contribution in [2.24, 2.45) is 22.7 Å². The number of cyclic esters (lactones) is 1. The number of carbonyl (C=O) groups excluding carboxylic acids is 1. The Kier molecular flexibility index (Phi) is 3.46. The molecule has 2 heterocycles. The summed E-state index contributed by atoms with van der Waals surface area (Å²) in [7, 11) is 0. The monoisotopic (exact) mass is 318 g/mol. The number of hydrogen-bond donors (Lipinski definition) is 0. The van der Waals surface area contributed by atoms with Gasteiger partial charge >= 0.3 is 5.97 Å². The minimum Gasteiger partial charge on any atom is -0.462 e. The molecule has 2 aliphatic heterocycles. The standard InChI is InChI=1S/C20H30O3/c1-18(2)9-4-10-19(3)15(18)7-11-20(13-23-20)16(19)6-5-14-8-12-22-17(14)21/h5,15-16H,4,6-13H2,1-3H3/b14-5-/t15-,16+,19-,20+/m0/s1. The first-order valence-corrected chi connectivity index (χ1v) is 9.38. The van der Waals surface area contributed by atoms with Crippen molar-refractivity contribution in [2.45, 2.75) is 71.3 Å². The smallest absolute Gasteiger partial charge is 0.333 e. The Morgan fingerprint density at radius 1 is 1.22 bits per heavy atom. The van der Waals surface area contributed by atoms with Crippen molar-refractivity contribution in [1.29, 1.82) is 0 Å². The van der Waals surface area contributed by atoms with Crippen LogP contribution < -0.4 is 0 Å². The highest BCUT2D eigenvalue weighted by molar-refractivity contribution is 5.90. The molecule has 3 nitrogen and oxygen atoms in total. The van der Waals surface area contributed by atoms with Crippen LogP contribution in [0.1, 0.15) is 65.7 Å². The minimum absolute atomic E-state index is 0.0998. The average Bonchev–Trinajstić information content (AvgIpc) is 3.12. The van der Waals surface area contributed by atoms with Crippen LogP contribution >= 0.6 is 0 Å². The Bertz CT molecular complexity index is 543. The summed E-state index contributed by atoms with van der Waals surface area (Å²) in [5.74, 6) is 1.23. The summed E-state index contributed by atoms with van der Waals surface area (Å²) >= 11 is 0. The number of rotatable bonds is 2. The molecule has 0 aromatic carbocycles. The van der Waals surface area contributed by atoms with E-state index in [-0.39, 0.29) is 11.6 Å². The number of fused-ring (bicyclic) bond motifs is 1. The van der Waals surface area contributed by atoms with Crippen LogP contribution in [0, 0.1) is 22.7 Å². The molecule has 2 aliphatic carbocycles. The van der Waals surface area contributed by atoms with Gasteiger partial charge in [0.2, 0.25) is 0 Å². The first-order chi connectivity index (χ1) is 10.9. The summed E-state index contributed by atoms with van der Waals surface area (Å²) < 4.78 is 11.1. The van der Waals surface area contributed by atoms with Crippen molar-refractivity contribution in [3.63, 3.8) is 0 Å². The Labute approximate surface area is 139 Å². The molecule has 0 bridgehead atoms. The first kappa shape index (κ1) is 15.7. The molecular weight excluding hydrogens is 288 g/mol. The first-order valence-electron chi connectivity index (χ1n) is 9.38. The van der Waals surface area contributed by atoms with Crippen molar-refractivity contribution < 1.29 is 14.3 Å². The van der Waals surface area contributed by atoms with Gasteiger partial charge in [-0.1, -0.05) is 33.3 Å². The second-order valence-corrected chi connectivity index (χ2v) is 9.20. The summed E-state index contributed by atoms with van der Waals surface area (Å²) in [4.78, 5) is 11.8. The van der Waals surface area contributed by atoms with Gasteiger partial charge in [-0.2, -0.15) is 0 Å². The summed E-state index contributed by atoms with van der Waals surface area (Å²) in [5.41, 5.74) is 1.77. The van der Waals surface area contributed by atoms with Crippen molar-refractivity contribution in [3.8, 4) is 0 Å². The fraction of sp³-hybridized carbons (Fsp3) is 0.850. The van der Waals surface area contributed by atoms with Gasteiger partial charge < -0.3 is 9.47 Å². The van der Waals surface area contributed by atoms with Gasteiger partial charge in [0.1, 0.15) is 0 Å². The molecule has 2 saturated heterocycles. The van der Waals surface area contributed by atoms with Gasteiger partial charge in [-0.25, -0.2) is 4.79 Å². The molecule has 0 unspecified atom stereocenters. The molecule has 4 rings (SSSR count). The molecule has 0 amide bonds. The Balaban J connectivity index is 1.63. The topological polar surface area (TPSA) is 38.8 Å². The number of allylic oxidation sites excluding steroid dienone is 1. The number of epoxide rings is 1. The third kappa shape index (κ3) is 2.38. The van der Waals surface area contributed by atoms with E-state index in [1.54, 1.807) is 0 Å². The quantitative estimate of drug-likeness (QED) is 0.434. The molecule has 3 heteroatoms. The zero-order chi connectivity index (χ0) is 16.3. The highest BCUT2D eigenvalue weighted by Crippen LogP contribution is 2.66. The molecule has 128 valence electrons. The minimum atomic E-state index is -0.0998. The third-order valence-electron chi connectivity index (χ3n) is 7.55. The number of hydrogen-bond acceptors (Lipinski definition) is 3. The summed E-state index contributed by atoms with van der Waals surface area (Å²) in [6.07, 6.45) is 10.4. The van der Waals surface area contributed by atoms with E-state index < -0.39 is 0 Å². The van der Waals surface area contributed by atoms with Gasteiger partial charge in [0.05, 0.1) is 18.8 Å². The zero-order valence-corrected chi connectivity index (χ0v) is 14.8. The van der Waals surface area contributed by atoms with E-state index in [4.69, 9.17) is 9.47 Å². The summed E-state index contributed by atoms with van der Waals surface area (Å²) in [5, 5.41) is 0. The molecule has 1 spiro atoms. The van der Waals surface area contributed by atoms with Gasteiger partial charge in [0, 0.05) is 12.0 Å². The lowest BCUT2D eigenvalue weighted by atomic mass is 9.46. The van der Waals surface area contributed by atoms with E-state index in [1.807, 2.05) is 0 Å². The van der Waals surface area contributed by atoms with Crippen LogP contribution in [0.3, 0.4) is 0 Å². The van der Waals surface area contributed by atoms with Gasteiger partial charge in [0.15, 0.2) is 0 Å². The molecule has 2 saturated carbocycles. The number of ether oxygens (including phenoxy) is 2. The van der Waals surface area contributed by atoms with Crippen LogP contribution in [0.15, 0.2) is 11.6 Å². The van der Waals surface area contributed by atoms with Crippen molar-refractivity contribution in [1.82, 2.24) is 0 Å². The summed E-state index contributed by atoms with van der Waals surface area (Å²) in [6, 6.07) is 0. The largest absolute Gasteiger partial charge is 0.462 e. The maximum atomic E-state index is 11.8. The van der Waals surface area contributed by atoms with Crippen molar-refractivity contribution in [3.05, 3.63) is 11.6 Å². The molecule has 0 aromatic rings. The molecular formula is C20H30O3. The second kappa shape index (κ2) is 5.08. The molecule has 4 aliphatic rings. The third-order valence-corrected chi connectivity index (χ3v) is 7.55. The second-order valence-electron chi connectivity index (χ2n) is 9.20. The maximum absolute atomic E-state index is 11.8. The predicted octanol–water partition coefficient (Wildman–Crippen LogP) is 4.26. The lowest BCUT2D eigenvalue weighted by molar-refractivity contribution is -0.135. The van der Waals surface area contributed by atoms with Crippen LogP contribution in [-0.4, -0.2) is 24.8 Å². The lowest BCUT2D eigenvalue weighted by Gasteiger charge is -2.59. The van der Waals surface area contributed by atoms with Crippen LogP contribution in [0.25, 0.3) is 0 Å². The normalized spacial score (nSPS) is 46.7. The molecule has 0 N–H and O–H groups in total. The highest BCUT2D eigenvalue weighted by atomic mass is 16.6. The van der Waals surface area contributed by atoms with Gasteiger partial charge in [-0.15, -0.1) is 0 Å². The Morgan fingerprint density at radius 3 is 2.65 bits per heavy atom. The van der Waals surface area contributed by atoms with Crippen LogP contribution in [0.2, 0.25) is 0 Å². The van der Waals surface area contributed by atoms with E-state index in [0.29, 0.717) is 23.4 Å². The fourth-order valence-electron chi connectivity index (χ4n) is 6.28. The lowest BCUT2D eigenvalue weighted by Crippen LogP contribution is -2.54. The summed E-state index contributed by atoms with van der Waals surface area (Å²) in [6.45, 7) is 8.92. The Hall–Kier alpha value is -0.830. The van der Waals surface area contributed by atoms with Crippen molar-refractivity contribution >= 4 is 5.97 Å². The van der Waals surface area contributed by atoms with Crippen LogP contribution in [0.4, 0.5) is 0 Å². The van der Waals surface area contributed by atoms with E-state index in [2.05, 4.69) is 26.8 Å². The predicted molar refractivity (Wildman–Crippen MR) is 88.9 cm³/mol. The molecule has 4 fully saturated rings. The Morgan fingerprint density at radius 2 is 2.00 bits per heavy atom. The molecule has 0 aromatic heterocycles. The van der Waals surface area contributed by atoms with E-state index >= 15 is 0 Å². The van der Waals surface area contributed by atoms with Crippen LogP contribution in [0.5, 0.6) is 0 Å².